The van der Waals surface area contributed by atoms with E-state index in [0.29, 0.717) is 25.7 Å². The zero-order valence-electron chi connectivity index (χ0n) is 23.3. The minimum Gasteiger partial charge on any atom is -0.488 e. The normalized spacial score (nSPS) is 12.7. The molecule has 3 aromatic carbocycles. The van der Waals surface area contributed by atoms with E-state index < -0.39 is 0 Å². The Morgan fingerprint density at radius 1 is 0.605 bits per heavy atom. The number of rotatable bonds is 16. The number of benzene rings is 3. The Morgan fingerprint density at radius 3 is 1.24 bits per heavy atom. The lowest BCUT2D eigenvalue weighted by Gasteiger charge is -2.22. The summed E-state index contributed by atoms with van der Waals surface area (Å²) in [4.78, 5) is 24.4. The molecule has 0 spiro atoms. The van der Waals surface area contributed by atoms with Crippen LogP contribution in [0.15, 0.2) is 48.5 Å². The number of fused-ring (bicyclic) bond motifs is 2. The molecular formula is C32H42O6. The summed E-state index contributed by atoms with van der Waals surface area (Å²) in [6, 6.07) is 15.9. The van der Waals surface area contributed by atoms with Gasteiger partial charge in [0, 0.05) is 34.4 Å². The van der Waals surface area contributed by atoms with Crippen LogP contribution in [0.25, 0.3) is 21.5 Å². The van der Waals surface area contributed by atoms with E-state index >= 15 is 0 Å². The fraction of sp³-hybridized carbons (Fsp3) is 0.500. The minimum absolute atomic E-state index is 0.179. The van der Waals surface area contributed by atoms with Crippen LogP contribution in [0.2, 0.25) is 0 Å². The van der Waals surface area contributed by atoms with Gasteiger partial charge in [0.25, 0.3) is 0 Å². The molecule has 0 aliphatic rings. The SMILES string of the molecule is CCCCC(=O)OC(CC)COc1c2ccccc2c(OCC(CC)OC(=O)CCCC)c2ccccc12. The number of hydrogen-bond donors (Lipinski definition) is 0. The largest absolute Gasteiger partial charge is 0.488 e. The fourth-order valence-corrected chi connectivity index (χ4v) is 4.31. The van der Waals surface area contributed by atoms with Gasteiger partial charge in [-0.15, -0.1) is 0 Å². The number of ether oxygens (including phenoxy) is 4. The second-order valence-corrected chi connectivity index (χ2v) is 9.62. The van der Waals surface area contributed by atoms with Crippen LogP contribution in [0.1, 0.15) is 79.1 Å². The zero-order chi connectivity index (χ0) is 27.3. The van der Waals surface area contributed by atoms with Crippen molar-refractivity contribution in [1.29, 1.82) is 0 Å². The first-order chi connectivity index (χ1) is 18.5. The predicted molar refractivity (Wildman–Crippen MR) is 152 cm³/mol. The van der Waals surface area contributed by atoms with Gasteiger partial charge in [0.2, 0.25) is 0 Å². The van der Waals surface area contributed by atoms with Crippen molar-refractivity contribution in [2.24, 2.45) is 0 Å². The van der Waals surface area contributed by atoms with Crippen molar-refractivity contribution in [2.75, 3.05) is 13.2 Å². The number of carbonyl (C=O) groups excluding carboxylic acids is 2. The van der Waals surface area contributed by atoms with Gasteiger partial charge in [0.15, 0.2) is 0 Å². The van der Waals surface area contributed by atoms with Gasteiger partial charge < -0.3 is 18.9 Å². The van der Waals surface area contributed by atoms with E-state index in [1.807, 2.05) is 62.4 Å². The van der Waals surface area contributed by atoms with E-state index in [-0.39, 0.29) is 37.4 Å². The fourth-order valence-electron chi connectivity index (χ4n) is 4.31. The number of unbranched alkanes of at least 4 members (excludes halogenated alkanes) is 2. The van der Waals surface area contributed by atoms with Crippen molar-refractivity contribution >= 4 is 33.5 Å². The molecule has 0 bridgehead atoms. The molecule has 0 aliphatic heterocycles. The molecule has 3 rings (SSSR count). The molecule has 0 heterocycles. The van der Waals surface area contributed by atoms with Crippen molar-refractivity contribution in [2.45, 2.75) is 91.3 Å². The Kier molecular flexibility index (Phi) is 11.7. The first-order valence-electron chi connectivity index (χ1n) is 14.1. The van der Waals surface area contributed by atoms with Crippen LogP contribution in [0.3, 0.4) is 0 Å². The molecule has 0 saturated carbocycles. The van der Waals surface area contributed by atoms with Gasteiger partial charge in [-0.3, -0.25) is 9.59 Å². The average Bonchev–Trinajstić information content (AvgIpc) is 2.95. The molecule has 0 amide bonds. The quantitative estimate of drug-likeness (QED) is 0.141. The summed E-state index contributed by atoms with van der Waals surface area (Å²) in [5, 5.41) is 3.67. The summed E-state index contributed by atoms with van der Waals surface area (Å²) in [6.45, 7) is 8.64. The van der Waals surface area contributed by atoms with E-state index in [9.17, 15) is 9.59 Å². The maximum atomic E-state index is 12.2. The summed E-state index contributed by atoms with van der Waals surface area (Å²) in [6.07, 6.45) is 5.11. The predicted octanol–water partition coefficient (Wildman–Crippen LogP) is 7.77. The van der Waals surface area contributed by atoms with E-state index in [0.717, 1.165) is 58.7 Å². The van der Waals surface area contributed by atoms with Gasteiger partial charge in [-0.25, -0.2) is 0 Å². The highest BCUT2D eigenvalue weighted by molar-refractivity contribution is 6.11. The van der Waals surface area contributed by atoms with Crippen molar-refractivity contribution in [3.05, 3.63) is 48.5 Å². The third-order valence-electron chi connectivity index (χ3n) is 6.64. The number of hydrogen-bond acceptors (Lipinski definition) is 6. The van der Waals surface area contributed by atoms with Crippen molar-refractivity contribution in [3.8, 4) is 11.5 Å². The lowest BCUT2D eigenvalue weighted by atomic mass is 10.0. The molecule has 2 unspecified atom stereocenters. The Labute approximate surface area is 226 Å². The van der Waals surface area contributed by atoms with Crippen molar-refractivity contribution in [1.82, 2.24) is 0 Å². The van der Waals surface area contributed by atoms with E-state index in [4.69, 9.17) is 18.9 Å². The summed E-state index contributed by atoms with van der Waals surface area (Å²) in [7, 11) is 0. The molecule has 6 heteroatoms. The van der Waals surface area contributed by atoms with Gasteiger partial charge in [-0.05, 0) is 25.7 Å². The zero-order valence-corrected chi connectivity index (χ0v) is 23.3. The lowest BCUT2D eigenvalue weighted by Crippen LogP contribution is -2.25. The standard InChI is InChI=1S/C32H42O6/c1-5-9-19-29(33)37-23(7-3)21-35-31-25-15-11-13-17-27(25)32(28-18-14-12-16-26(28)31)36-22-24(8-4)38-30(34)20-10-6-2/h11-18,23-24H,5-10,19-22H2,1-4H3. The van der Waals surface area contributed by atoms with Crippen LogP contribution in [-0.4, -0.2) is 37.4 Å². The molecule has 0 radical (unpaired) electrons. The summed E-state index contributed by atoms with van der Waals surface area (Å²) < 4.78 is 24.1. The van der Waals surface area contributed by atoms with Gasteiger partial charge in [0.1, 0.15) is 36.9 Å². The Balaban J connectivity index is 1.87. The van der Waals surface area contributed by atoms with Crippen LogP contribution in [0.5, 0.6) is 11.5 Å². The Morgan fingerprint density at radius 2 is 0.947 bits per heavy atom. The Hall–Kier alpha value is -3.28. The van der Waals surface area contributed by atoms with Crippen molar-refractivity contribution < 1.29 is 28.5 Å². The lowest BCUT2D eigenvalue weighted by molar-refractivity contribution is -0.151. The smallest absolute Gasteiger partial charge is 0.306 e. The summed E-state index contributed by atoms with van der Waals surface area (Å²) in [5.74, 6) is 1.12. The number of carbonyl (C=O) groups is 2. The second kappa shape index (κ2) is 15.2. The van der Waals surface area contributed by atoms with Crippen LogP contribution in [0.4, 0.5) is 0 Å². The van der Waals surface area contributed by atoms with Crippen LogP contribution in [-0.2, 0) is 19.1 Å². The molecular weight excluding hydrogens is 480 g/mol. The highest BCUT2D eigenvalue weighted by atomic mass is 16.6. The van der Waals surface area contributed by atoms with Crippen LogP contribution < -0.4 is 9.47 Å². The highest BCUT2D eigenvalue weighted by Crippen LogP contribution is 2.42. The molecule has 0 aliphatic carbocycles. The van der Waals surface area contributed by atoms with E-state index in [1.165, 1.54) is 0 Å². The van der Waals surface area contributed by atoms with Gasteiger partial charge >= 0.3 is 11.9 Å². The molecule has 38 heavy (non-hydrogen) atoms. The maximum absolute atomic E-state index is 12.2. The van der Waals surface area contributed by atoms with E-state index in [2.05, 4.69) is 13.8 Å². The highest BCUT2D eigenvalue weighted by Gasteiger charge is 2.20. The molecule has 6 nitrogen and oxygen atoms in total. The van der Waals surface area contributed by atoms with Gasteiger partial charge in [0.05, 0.1) is 0 Å². The monoisotopic (exact) mass is 522 g/mol. The molecule has 0 fully saturated rings. The average molecular weight is 523 g/mol. The van der Waals surface area contributed by atoms with Gasteiger partial charge in [-0.2, -0.15) is 0 Å². The topological polar surface area (TPSA) is 71.1 Å². The van der Waals surface area contributed by atoms with Crippen molar-refractivity contribution in [3.63, 3.8) is 0 Å². The van der Waals surface area contributed by atoms with Gasteiger partial charge in [-0.1, -0.05) is 89.1 Å². The first-order valence-corrected chi connectivity index (χ1v) is 14.1. The summed E-state index contributed by atoms with van der Waals surface area (Å²) in [5.41, 5.74) is 0. The molecule has 0 N–H and O–H groups in total. The molecule has 3 aromatic rings. The summed E-state index contributed by atoms with van der Waals surface area (Å²) >= 11 is 0. The third kappa shape index (κ3) is 7.86. The second-order valence-electron chi connectivity index (χ2n) is 9.62. The molecule has 0 aromatic heterocycles. The third-order valence-corrected chi connectivity index (χ3v) is 6.64. The number of esters is 2. The van der Waals surface area contributed by atoms with Crippen LogP contribution >= 0.6 is 0 Å². The molecule has 2 atom stereocenters. The first kappa shape index (κ1) is 29.3. The van der Waals surface area contributed by atoms with E-state index in [1.54, 1.807) is 0 Å². The molecule has 206 valence electrons. The molecule has 0 saturated heterocycles. The Bertz CT molecular complexity index is 1040. The van der Waals surface area contributed by atoms with Crippen LogP contribution in [0, 0.1) is 0 Å². The maximum Gasteiger partial charge on any atom is 0.306 e. The minimum atomic E-state index is -0.319.